The van der Waals surface area contributed by atoms with Crippen LogP contribution < -0.4 is 4.90 Å². The van der Waals surface area contributed by atoms with Gasteiger partial charge in [0, 0.05) is 31.7 Å². The number of sulfonamides is 1. The SMILES string of the molecule is C[C@H]1CCCCN1c1ccc(S(=O)(=O)N2CCCC2)cc1[N+](=O)[O-]. The molecule has 7 nitrogen and oxygen atoms in total. The monoisotopic (exact) mass is 353 g/mol. The molecular weight excluding hydrogens is 330 g/mol. The molecule has 0 radical (unpaired) electrons. The maximum atomic E-state index is 12.7. The first-order chi connectivity index (χ1) is 11.4. The van der Waals surface area contributed by atoms with Crippen molar-refractivity contribution < 1.29 is 13.3 Å². The summed E-state index contributed by atoms with van der Waals surface area (Å²) in [6.07, 6.45) is 4.78. The van der Waals surface area contributed by atoms with Gasteiger partial charge in [-0.3, -0.25) is 10.1 Å². The number of hydrogen-bond acceptors (Lipinski definition) is 5. The van der Waals surface area contributed by atoms with Gasteiger partial charge < -0.3 is 4.90 Å². The van der Waals surface area contributed by atoms with Crippen LogP contribution in [0.3, 0.4) is 0 Å². The Bertz CT molecular complexity index is 729. The molecule has 0 N–H and O–H groups in total. The zero-order chi connectivity index (χ0) is 17.3. The standard InChI is InChI=1S/C16H23N3O4S/c1-13-6-2-3-11-18(13)15-8-7-14(12-16(15)19(20)21)24(22,23)17-9-4-5-10-17/h7-8,12-13H,2-6,9-11H2,1H3/t13-/m0/s1. The van der Waals surface area contributed by atoms with Crippen LogP contribution in [-0.2, 0) is 10.0 Å². The van der Waals surface area contributed by atoms with Crippen molar-refractivity contribution >= 4 is 21.4 Å². The van der Waals surface area contributed by atoms with Crippen LogP contribution in [-0.4, -0.2) is 43.3 Å². The van der Waals surface area contributed by atoms with Gasteiger partial charge in [-0.2, -0.15) is 4.31 Å². The summed E-state index contributed by atoms with van der Waals surface area (Å²) >= 11 is 0. The molecule has 0 bridgehead atoms. The predicted octanol–water partition coefficient (Wildman–Crippen LogP) is 2.76. The van der Waals surface area contributed by atoms with Crippen LogP contribution in [0.1, 0.15) is 39.0 Å². The Kier molecular flexibility index (Phi) is 4.78. The van der Waals surface area contributed by atoms with Crippen molar-refractivity contribution in [3.63, 3.8) is 0 Å². The van der Waals surface area contributed by atoms with Crippen molar-refractivity contribution in [2.75, 3.05) is 24.5 Å². The highest BCUT2D eigenvalue weighted by atomic mass is 32.2. The van der Waals surface area contributed by atoms with Crippen LogP contribution in [0.15, 0.2) is 23.1 Å². The number of nitro benzene ring substituents is 1. The van der Waals surface area contributed by atoms with Crippen LogP contribution >= 0.6 is 0 Å². The summed E-state index contributed by atoms with van der Waals surface area (Å²) in [6.45, 7) is 3.79. The topological polar surface area (TPSA) is 83.8 Å². The highest BCUT2D eigenvalue weighted by molar-refractivity contribution is 7.89. The predicted molar refractivity (Wildman–Crippen MR) is 91.7 cm³/mol. The summed E-state index contributed by atoms with van der Waals surface area (Å²) in [4.78, 5) is 13.1. The molecule has 0 unspecified atom stereocenters. The van der Waals surface area contributed by atoms with E-state index in [1.54, 1.807) is 6.07 Å². The van der Waals surface area contributed by atoms with E-state index in [9.17, 15) is 18.5 Å². The molecule has 0 aliphatic carbocycles. The zero-order valence-electron chi connectivity index (χ0n) is 13.8. The normalized spacial score (nSPS) is 22.7. The Morgan fingerprint density at radius 1 is 1.12 bits per heavy atom. The first-order valence-electron chi connectivity index (χ1n) is 8.46. The Balaban J connectivity index is 2.00. The first-order valence-corrected chi connectivity index (χ1v) is 9.90. The summed E-state index contributed by atoms with van der Waals surface area (Å²) in [5.74, 6) is 0. The molecule has 24 heavy (non-hydrogen) atoms. The third-order valence-corrected chi connectivity index (χ3v) is 6.85. The van der Waals surface area contributed by atoms with Gasteiger partial charge in [0.05, 0.1) is 9.82 Å². The van der Waals surface area contributed by atoms with E-state index < -0.39 is 14.9 Å². The number of hydrogen-bond donors (Lipinski definition) is 0. The third kappa shape index (κ3) is 3.12. The van der Waals surface area contributed by atoms with Crippen LogP contribution in [0.5, 0.6) is 0 Å². The Morgan fingerprint density at radius 3 is 2.42 bits per heavy atom. The van der Waals surface area contributed by atoms with Crippen LogP contribution in [0.2, 0.25) is 0 Å². The van der Waals surface area contributed by atoms with Crippen LogP contribution in [0, 0.1) is 10.1 Å². The summed E-state index contributed by atoms with van der Waals surface area (Å²) in [6, 6.07) is 4.56. The number of rotatable bonds is 4. The van der Waals surface area contributed by atoms with E-state index in [-0.39, 0.29) is 16.6 Å². The second-order valence-electron chi connectivity index (χ2n) is 6.56. The lowest BCUT2D eigenvalue weighted by molar-refractivity contribution is -0.384. The summed E-state index contributed by atoms with van der Waals surface area (Å²) in [5, 5.41) is 11.5. The number of nitrogens with zero attached hydrogens (tertiary/aromatic N) is 3. The number of piperidine rings is 1. The Hall–Kier alpha value is -1.67. The molecule has 2 heterocycles. The molecule has 0 spiro atoms. The van der Waals surface area contributed by atoms with Crippen LogP contribution in [0.4, 0.5) is 11.4 Å². The van der Waals surface area contributed by atoms with E-state index in [2.05, 4.69) is 6.92 Å². The van der Waals surface area contributed by atoms with Gasteiger partial charge in [0.1, 0.15) is 5.69 Å². The average molecular weight is 353 g/mol. The molecule has 2 fully saturated rings. The smallest absolute Gasteiger partial charge is 0.293 e. The van der Waals surface area contributed by atoms with Gasteiger partial charge in [-0.15, -0.1) is 0 Å². The van der Waals surface area contributed by atoms with Crippen molar-refractivity contribution in [1.82, 2.24) is 4.31 Å². The van der Waals surface area contributed by atoms with Gasteiger partial charge in [-0.1, -0.05) is 0 Å². The maximum Gasteiger partial charge on any atom is 0.293 e. The molecule has 132 valence electrons. The molecule has 0 aromatic heterocycles. The van der Waals surface area contributed by atoms with E-state index in [0.717, 1.165) is 38.6 Å². The molecule has 8 heteroatoms. The largest absolute Gasteiger partial charge is 0.363 e. The first kappa shape index (κ1) is 17.2. The summed E-state index contributed by atoms with van der Waals surface area (Å²) < 4.78 is 26.7. The fourth-order valence-electron chi connectivity index (χ4n) is 3.59. The number of benzene rings is 1. The van der Waals surface area contributed by atoms with Crippen molar-refractivity contribution in [2.24, 2.45) is 0 Å². The summed E-state index contributed by atoms with van der Waals surface area (Å²) in [7, 11) is -3.65. The molecular formula is C16H23N3O4S. The molecule has 0 amide bonds. The van der Waals surface area contributed by atoms with E-state index in [1.807, 2.05) is 4.90 Å². The van der Waals surface area contributed by atoms with Gasteiger partial charge in [0.2, 0.25) is 10.0 Å². The highest BCUT2D eigenvalue weighted by Gasteiger charge is 2.31. The highest BCUT2D eigenvalue weighted by Crippen LogP contribution is 2.35. The maximum absolute atomic E-state index is 12.7. The van der Waals surface area contributed by atoms with Crippen molar-refractivity contribution in [1.29, 1.82) is 0 Å². The minimum Gasteiger partial charge on any atom is -0.363 e. The van der Waals surface area contributed by atoms with Gasteiger partial charge in [-0.05, 0) is 51.2 Å². The Morgan fingerprint density at radius 2 is 1.79 bits per heavy atom. The molecule has 2 saturated heterocycles. The second kappa shape index (κ2) is 6.68. The second-order valence-corrected chi connectivity index (χ2v) is 8.49. The van der Waals surface area contributed by atoms with Gasteiger partial charge in [0.15, 0.2) is 0 Å². The molecule has 2 aliphatic heterocycles. The average Bonchev–Trinajstić information content (AvgIpc) is 3.10. The third-order valence-electron chi connectivity index (χ3n) is 4.96. The lowest BCUT2D eigenvalue weighted by Gasteiger charge is -2.35. The molecule has 3 rings (SSSR count). The van der Waals surface area contributed by atoms with Gasteiger partial charge >= 0.3 is 0 Å². The van der Waals surface area contributed by atoms with E-state index in [1.165, 1.54) is 16.4 Å². The number of nitro groups is 1. The van der Waals surface area contributed by atoms with Crippen molar-refractivity contribution in [3.05, 3.63) is 28.3 Å². The molecule has 1 aromatic rings. The number of anilines is 1. The van der Waals surface area contributed by atoms with Gasteiger partial charge in [-0.25, -0.2) is 8.42 Å². The molecule has 0 saturated carbocycles. The quantitative estimate of drug-likeness (QED) is 0.614. The molecule has 2 aliphatic rings. The Labute approximate surface area is 142 Å². The molecule has 1 aromatic carbocycles. The van der Waals surface area contributed by atoms with E-state index in [0.29, 0.717) is 18.8 Å². The van der Waals surface area contributed by atoms with Crippen molar-refractivity contribution in [2.45, 2.75) is 50.0 Å². The van der Waals surface area contributed by atoms with E-state index in [4.69, 9.17) is 0 Å². The fraction of sp³-hybridized carbons (Fsp3) is 0.625. The minimum absolute atomic E-state index is 0.0181. The van der Waals surface area contributed by atoms with E-state index >= 15 is 0 Å². The lowest BCUT2D eigenvalue weighted by atomic mass is 10.0. The summed E-state index contributed by atoms with van der Waals surface area (Å²) in [5.41, 5.74) is 0.400. The molecule has 1 atom stereocenters. The lowest BCUT2D eigenvalue weighted by Crippen LogP contribution is -2.37. The van der Waals surface area contributed by atoms with Crippen LogP contribution in [0.25, 0.3) is 0 Å². The zero-order valence-corrected chi connectivity index (χ0v) is 14.7. The fourth-order valence-corrected chi connectivity index (χ4v) is 5.12. The van der Waals surface area contributed by atoms with Crippen molar-refractivity contribution in [3.8, 4) is 0 Å². The minimum atomic E-state index is -3.65. The van der Waals surface area contributed by atoms with Gasteiger partial charge in [0.25, 0.3) is 5.69 Å².